The third kappa shape index (κ3) is 5.73. The van der Waals surface area contributed by atoms with Gasteiger partial charge in [-0.2, -0.15) is 12.7 Å². The number of thiazole rings is 1. The molecule has 1 amide bonds. The number of nitrogens with zero attached hydrogens (tertiary/aromatic N) is 2. The van der Waals surface area contributed by atoms with Crippen molar-refractivity contribution in [2.24, 2.45) is 0 Å². The predicted octanol–water partition coefficient (Wildman–Crippen LogP) is 3.76. The Morgan fingerprint density at radius 3 is 2.31 bits per heavy atom. The Morgan fingerprint density at radius 1 is 1.09 bits per heavy atom. The molecule has 2 aromatic carbocycles. The van der Waals surface area contributed by atoms with Crippen LogP contribution in [0.5, 0.6) is 5.75 Å². The monoisotopic (exact) mass is 473 g/mol. The quantitative estimate of drug-likeness (QED) is 0.511. The lowest BCUT2D eigenvalue weighted by atomic mass is 9.87. The van der Waals surface area contributed by atoms with Gasteiger partial charge in [0, 0.05) is 31.3 Å². The van der Waals surface area contributed by atoms with Crippen molar-refractivity contribution in [2.75, 3.05) is 21.2 Å². The number of rotatable bonds is 9. The Kier molecular flexibility index (Phi) is 7.65. The molecule has 0 radical (unpaired) electrons. The van der Waals surface area contributed by atoms with Gasteiger partial charge >= 0.3 is 10.2 Å². The zero-order valence-electron chi connectivity index (χ0n) is 18.5. The highest BCUT2D eigenvalue weighted by Gasteiger charge is 2.23. The van der Waals surface area contributed by atoms with Crippen LogP contribution < -0.4 is 9.46 Å². The van der Waals surface area contributed by atoms with Gasteiger partial charge in [0.05, 0.1) is 12.1 Å². The highest BCUT2D eigenvalue weighted by Crippen LogP contribution is 2.31. The summed E-state index contributed by atoms with van der Waals surface area (Å²) >= 11 is 1.42. The fourth-order valence-electron chi connectivity index (χ4n) is 3.34. The number of amides is 1. The molecular formula is C23H27N3O4S2. The Balaban J connectivity index is 1.79. The van der Waals surface area contributed by atoms with E-state index in [2.05, 4.69) is 29.2 Å². The van der Waals surface area contributed by atoms with Crippen molar-refractivity contribution in [2.45, 2.75) is 25.7 Å². The number of aromatic nitrogens is 1. The van der Waals surface area contributed by atoms with Gasteiger partial charge in [0.1, 0.15) is 11.4 Å². The van der Waals surface area contributed by atoms with Crippen molar-refractivity contribution in [3.63, 3.8) is 0 Å². The maximum atomic E-state index is 12.5. The van der Waals surface area contributed by atoms with E-state index in [1.165, 1.54) is 36.6 Å². The lowest BCUT2D eigenvalue weighted by Gasteiger charge is -2.18. The largest absolute Gasteiger partial charge is 0.497 e. The third-order valence-corrected chi connectivity index (χ3v) is 7.56. The van der Waals surface area contributed by atoms with Crippen LogP contribution in [-0.4, -0.2) is 44.8 Å². The fourth-order valence-corrected chi connectivity index (χ4v) is 4.80. The van der Waals surface area contributed by atoms with Crippen LogP contribution in [-0.2, 0) is 16.6 Å². The maximum absolute atomic E-state index is 12.5. The van der Waals surface area contributed by atoms with Gasteiger partial charge in [-0.3, -0.25) is 4.79 Å². The molecular weight excluding hydrogens is 446 g/mol. The van der Waals surface area contributed by atoms with Crippen LogP contribution in [0, 0.1) is 6.92 Å². The van der Waals surface area contributed by atoms with Crippen LogP contribution >= 0.6 is 11.3 Å². The molecule has 1 unspecified atom stereocenters. The zero-order chi connectivity index (χ0) is 23.3. The molecule has 0 saturated heterocycles. The molecule has 0 spiro atoms. The van der Waals surface area contributed by atoms with Crippen molar-refractivity contribution in [3.05, 3.63) is 81.3 Å². The molecule has 1 heterocycles. The van der Waals surface area contributed by atoms with Gasteiger partial charge in [0.2, 0.25) is 0 Å². The summed E-state index contributed by atoms with van der Waals surface area (Å²) in [5, 5.41) is 0.796. The molecule has 1 N–H and O–H groups in total. The standard InChI is InChI=1S/C23H27N3O4S2/c1-16-22(23(27)25-32(28,29)26(2)3)24-21(31-16)15-14-20(17-8-6-5-7-9-17)18-10-12-19(30-4)13-11-18/h5-13,20H,14-15H2,1-4H3,(H,25,27). The molecule has 7 nitrogen and oxygen atoms in total. The number of aryl methyl sites for hydroxylation is 2. The van der Waals surface area contributed by atoms with E-state index in [1.807, 2.05) is 35.1 Å². The van der Waals surface area contributed by atoms with Crippen LogP contribution in [0.25, 0.3) is 0 Å². The van der Waals surface area contributed by atoms with Gasteiger partial charge in [-0.15, -0.1) is 11.3 Å². The van der Waals surface area contributed by atoms with E-state index in [-0.39, 0.29) is 11.6 Å². The van der Waals surface area contributed by atoms with Crippen LogP contribution in [0.1, 0.15) is 43.8 Å². The first-order valence-corrected chi connectivity index (χ1v) is 12.4. The van der Waals surface area contributed by atoms with Crippen molar-refractivity contribution >= 4 is 27.5 Å². The summed E-state index contributed by atoms with van der Waals surface area (Å²) in [5.74, 6) is 0.241. The first kappa shape index (κ1) is 23.9. The summed E-state index contributed by atoms with van der Waals surface area (Å²) in [6.45, 7) is 1.77. The van der Waals surface area contributed by atoms with E-state index in [1.54, 1.807) is 14.0 Å². The molecule has 32 heavy (non-hydrogen) atoms. The molecule has 0 aliphatic carbocycles. The number of nitrogens with one attached hydrogen (secondary N) is 1. The topological polar surface area (TPSA) is 88.6 Å². The molecule has 3 aromatic rings. The van der Waals surface area contributed by atoms with Gasteiger partial charge < -0.3 is 4.74 Å². The molecule has 1 aromatic heterocycles. The second kappa shape index (κ2) is 10.2. The molecule has 0 aliphatic heterocycles. The molecule has 0 bridgehead atoms. The Labute approximate surface area is 193 Å². The number of benzene rings is 2. The lowest BCUT2D eigenvalue weighted by Crippen LogP contribution is -2.39. The SMILES string of the molecule is COc1ccc(C(CCc2nc(C(=O)NS(=O)(=O)N(C)C)c(C)s2)c2ccccc2)cc1. The Morgan fingerprint density at radius 2 is 1.72 bits per heavy atom. The molecule has 3 rings (SSSR count). The minimum Gasteiger partial charge on any atom is -0.497 e. The predicted molar refractivity (Wildman–Crippen MR) is 127 cm³/mol. The van der Waals surface area contributed by atoms with Crippen molar-refractivity contribution < 1.29 is 17.9 Å². The lowest BCUT2D eigenvalue weighted by molar-refractivity contribution is 0.0975. The Bertz CT molecular complexity index is 1160. The van der Waals surface area contributed by atoms with Crippen molar-refractivity contribution in [1.82, 2.24) is 14.0 Å². The summed E-state index contributed by atoms with van der Waals surface area (Å²) in [6, 6.07) is 18.3. The van der Waals surface area contributed by atoms with E-state index in [0.29, 0.717) is 11.3 Å². The summed E-state index contributed by atoms with van der Waals surface area (Å²) in [6.07, 6.45) is 1.45. The molecule has 0 fully saturated rings. The normalized spacial score (nSPS) is 12.5. The number of carbonyl (C=O) groups is 1. The summed E-state index contributed by atoms with van der Waals surface area (Å²) in [4.78, 5) is 17.6. The number of methoxy groups -OCH3 is 1. The Hall–Kier alpha value is -2.75. The molecule has 1 atom stereocenters. The average molecular weight is 474 g/mol. The summed E-state index contributed by atoms with van der Waals surface area (Å²) in [5.41, 5.74) is 2.51. The minimum atomic E-state index is -3.87. The molecule has 0 aliphatic rings. The zero-order valence-corrected chi connectivity index (χ0v) is 20.2. The fraction of sp³-hybridized carbons (Fsp3) is 0.304. The van der Waals surface area contributed by atoms with Crippen LogP contribution in [0.2, 0.25) is 0 Å². The molecule has 0 saturated carbocycles. The van der Waals surface area contributed by atoms with Gasteiger partial charge in [-0.1, -0.05) is 42.5 Å². The highest BCUT2D eigenvalue weighted by molar-refractivity contribution is 7.87. The van der Waals surface area contributed by atoms with Crippen LogP contribution in [0.3, 0.4) is 0 Å². The smallest absolute Gasteiger partial charge is 0.303 e. The number of ether oxygens (including phenoxy) is 1. The summed E-state index contributed by atoms with van der Waals surface area (Å²) in [7, 11) is 0.494. The van der Waals surface area contributed by atoms with Gasteiger partial charge in [0.15, 0.2) is 0 Å². The molecule has 170 valence electrons. The molecule has 9 heteroatoms. The maximum Gasteiger partial charge on any atom is 0.303 e. The number of hydrogen-bond donors (Lipinski definition) is 1. The van der Waals surface area contributed by atoms with Gasteiger partial charge in [-0.05, 0) is 36.6 Å². The van der Waals surface area contributed by atoms with Gasteiger partial charge in [-0.25, -0.2) is 9.71 Å². The average Bonchev–Trinajstić information content (AvgIpc) is 3.15. The van der Waals surface area contributed by atoms with E-state index in [0.717, 1.165) is 21.5 Å². The second-order valence-electron chi connectivity index (χ2n) is 7.51. The first-order valence-electron chi connectivity index (χ1n) is 10.1. The highest BCUT2D eigenvalue weighted by atomic mass is 32.2. The van der Waals surface area contributed by atoms with Crippen molar-refractivity contribution in [1.29, 1.82) is 0 Å². The first-order chi connectivity index (χ1) is 15.2. The number of carbonyl (C=O) groups excluding carboxylic acids is 1. The van der Waals surface area contributed by atoms with E-state index in [4.69, 9.17) is 4.74 Å². The van der Waals surface area contributed by atoms with E-state index >= 15 is 0 Å². The minimum absolute atomic E-state index is 0.149. The second-order valence-corrected chi connectivity index (χ2v) is 10.7. The third-order valence-electron chi connectivity index (χ3n) is 5.13. The summed E-state index contributed by atoms with van der Waals surface area (Å²) < 4.78 is 32.2. The van der Waals surface area contributed by atoms with Crippen LogP contribution in [0.15, 0.2) is 54.6 Å². The van der Waals surface area contributed by atoms with Gasteiger partial charge in [0.25, 0.3) is 5.91 Å². The van der Waals surface area contributed by atoms with Crippen molar-refractivity contribution in [3.8, 4) is 5.75 Å². The number of hydrogen-bond acceptors (Lipinski definition) is 6. The van der Waals surface area contributed by atoms with E-state index in [9.17, 15) is 13.2 Å². The van der Waals surface area contributed by atoms with E-state index < -0.39 is 16.1 Å². The van der Waals surface area contributed by atoms with Crippen LogP contribution in [0.4, 0.5) is 0 Å².